The molecule has 10 nitrogen and oxygen atoms in total. The van der Waals surface area contributed by atoms with Crippen LogP contribution in [0.2, 0.25) is 0 Å². The number of hydrogen-bond acceptors (Lipinski definition) is 8. The number of ether oxygens (including phenoxy) is 1. The maximum absolute atomic E-state index is 13.2. The number of benzene rings is 2. The maximum Gasteiger partial charge on any atom is 0.416 e. The van der Waals surface area contributed by atoms with Gasteiger partial charge in [-0.2, -0.15) is 13.2 Å². The van der Waals surface area contributed by atoms with Gasteiger partial charge in [-0.05, 0) is 63.1 Å². The summed E-state index contributed by atoms with van der Waals surface area (Å²) in [5.74, 6) is -0.0782. The number of hydrogen-bond donors (Lipinski definition) is 3. The molecule has 3 rings (SSSR count). The topological polar surface area (TPSA) is 121 Å². The van der Waals surface area contributed by atoms with Gasteiger partial charge < -0.3 is 30.9 Å². The fourth-order valence-electron chi connectivity index (χ4n) is 3.65. The van der Waals surface area contributed by atoms with Gasteiger partial charge in [0.25, 0.3) is 5.91 Å². The average Bonchev–Trinajstić information content (AvgIpc) is 2.92. The van der Waals surface area contributed by atoms with Crippen LogP contribution < -0.4 is 26.0 Å². The highest BCUT2D eigenvalue weighted by Gasteiger charge is 2.31. The second-order valence-electron chi connectivity index (χ2n) is 9.37. The Morgan fingerprint density at radius 3 is 2.51 bits per heavy atom. The number of nitrogens with zero attached hydrogens (tertiary/aromatic N) is 5. The fraction of sp³-hybridized carbons (Fsp3) is 0.286. The minimum absolute atomic E-state index is 0.0548. The molecule has 13 heteroatoms. The van der Waals surface area contributed by atoms with Crippen LogP contribution in [0.25, 0.3) is 0 Å². The van der Waals surface area contributed by atoms with Crippen molar-refractivity contribution in [2.45, 2.75) is 13.1 Å². The molecule has 0 saturated heterocycles. The largest absolute Gasteiger partial charge is 0.495 e. The number of anilines is 3. The predicted octanol–water partition coefficient (Wildman–Crippen LogP) is 4.65. The summed E-state index contributed by atoms with van der Waals surface area (Å²) >= 11 is 0. The lowest BCUT2D eigenvalue weighted by molar-refractivity contribution is -0.137. The van der Waals surface area contributed by atoms with Crippen molar-refractivity contribution in [3.63, 3.8) is 0 Å². The second-order valence-corrected chi connectivity index (χ2v) is 9.37. The molecule has 0 aliphatic heterocycles. The number of amidine groups is 1. The number of likely N-dealkylation sites (N-methyl/N-ethyl adjacent to an activating group) is 2. The average molecular weight is 571 g/mol. The fourth-order valence-corrected chi connectivity index (χ4v) is 3.65. The minimum atomic E-state index is -4.59. The second kappa shape index (κ2) is 13.1. The molecule has 2 aromatic carbocycles. The zero-order chi connectivity index (χ0) is 30.3. The van der Waals surface area contributed by atoms with E-state index in [2.05, 4.69) is 32.2 Å². The van der Waals surface area contributed by atoms with E-state index in [4.69, 9.17) is 10.5 Å². The van der Waals surface area contributed by atoms with Gasteiger partial charge in [0.15, 0.2) is 5.84 Å². The number of nitrogens with one attached hydrogen (secondary N) is 2. The number of carbonyl (C=O) groups excluding carboxylic acids is 1. The lowest BCUT2D eigenvalue weighted by atomic mass is 10.1. The zero-order valence-electron chi connectivity index (χ0n) is 23.5. The van der Waals surface area contributed by atoms with Crippen molar-refractivity contribution in [3.05, 3.63) is 77.8 Å². The molecule has 1 aromatic heterocycles. The van der Waals surface area contributed by atoms with Gasteiger partial charge in [0.2, 0.25) is 5.95 Å². The van der Waals surface area contributed by atoms with Crippen LogP contribution in [-0.2, 0) is 6.18 Å². The molecule has 3 aromatic rings. The molecule has 0 unspecified atom stereocenters. The number of methoxy groups -OCH3 is 1. The quantitative estimate of drug-likeness (QED) is 0.225. The molecule has 0 fully saturated rings. The van der Waals surface area contributed by atoms with E-state index in [9.17, 15) is 18.0 Å². The van der Waals surface area contributed by atoms with E-state index < -0.39 is 17.6 Å². The molecule has 0 atom stereocenters. The first-order valence-corrected chi connectivity index (χ1v) is 12.5. The van der Waals surface area contributed by atoms with Crippen LogP contribution in [-0.4, -0.2) is 68.0 Å². The van der Waals surface area contributed by atoms with Gasteiger partial charge in [-0.25, -0.2) is 15.0 Å². The predicted molar refractivity (Wildman–Crippen MR) is 155 cm³/mol. The lowest BCUT2D eigenvalue weighted by Gasteiger charge is -2.20. The highest BCUT2D eigenvalue weighted by molar-refractivity contribution is 6.06. The summed E-state index contributed by atoms with van der Waals surface area (Å²) < 4.78 is 44.8. The normalized spacial score (nSPS) is 11.8. The summed E-state index contributed by atoms with van der Waals surface area (Å²) in [6, 6.07) is 7.53. The van der Waals surface area contributed by atoms with Crippen LogP contribution in [0, 0.1) is 6.92 Å². The van der Waals surface area contributed by atoms with Gasteiger partial charge in [-0.3, -0.25) is 4.79 Å². The molecule has 0 saturated carbocycles. The van der Waals surface area contributed by atoms with Crippen molar-refractivity contribution >= 4 is 34.8 Å². The first-order valence-electron chi connectivity index (χ1n) is 12.5. The van der Waals surface area contributed by atoms with Gasteiger partial charge in [0.1, 0.15) is 11.4 Å². The Balaban J connectivity index is 1.95. The first-order chi connectivity index (χ1) is 19.3. The van der Waals surface area contributed by atoms with Crippen LogP contribution in [0.4, 0.5) is 36.2 Å². The zero-order valence-corrected chi connectivity index (χ0v) is 23.5. The molecule has 0 aliphatic carbocycles. The SMILES string of the molecule is C=CNc1cnc(N(C)CCN(C)C)nc1C(N)=Nc1cc(C(=O)Nc2cc(C(F)(F)F)ccc2OC)ccc1C. The highest BCUT2D eigenvalue weighted by Crippen LogP contribution is 2.35. The molecule has 0 spiro atoms. The Labute approximate surface area is 236 Å². The Kier molecular flexibility index (Phi) is 9.90. The van der Waals surface area contributed by atoms with Gasteiger partial charge in [-0.15, -0.1) is 0 Å². The number of aromatic nitrogens is 2. The first kappa shape index (κ1) is 30.9. The van der Waals surface area contributed by atoms with Gasteiger partial charge in [0.05, 0.1) is 35.9 Å². The summed E-state index contributed by atoms with van der Waals surface area (Å²) in [5, 5.41) is 5.45. The van der Waals surface area contributed by atoms with Crippen molar-refractivity contribution < 1.29 is 22.7 Å². The molecule has 0 bridgehead atoms. The number of rotatable bonds is 11. The molecule has 4 N–H and O–H groups in total. The summed E-state index contributed by atoms with van der Waals surface area (Å²) in [4.78, 5) is 30.5. The number of aliphatic imine (C=N–C) groups is 1. The third kappa shape index (κ3) is 7.94. The van der Waals surface area contributed by atoms with Crippen LogP contribution in [0.15, 0.2) is 60.4 Å². The summed E-state index contributed by atoms with van der Waals surface area (Å²) in [6.07, 6.45) is -1.55. The number of nitrogens with two attached hydrogens (primary N) is 1. The Morgan fingerprint density at radius 1 is 1.15 bits per heavy atom. The number of alkyl halides is 3. The summed E-state index contributed by atoms with van der Waals surface area (Å²) in [7, 11) is 7.10. The van der Waals surface area contributed by atoms with Crippen molar-refractivity contribution in [3.8, 4) is 5.75 Å². The Hall–Kier alpha value is -4.65. The van der Waals surface area contributed by atoms with E-state index in [0.717, 1.165) is 24.7 Å². The molecular weight excluding hydrogens is 537 g/mol. The smallest absolute Gasteiger partial charge is 0.416 e. The molecule has 218 valence electrons. The molecule has 0 aliphatic rings. The summed E-state index contributed by atoms with van der Waals surface area (Å²) in [5.41, 5.74) is 7.39. The van der Waals surface area contributed by atoms with E-state index in [1.54, 1.807) is 19.2 Å². The summed E-state index contributed by atoms with van der Waals surface area (Å²) in [6.45, 7) is 6.92. The Morgan fingerprint density at radius 2 is 1.88 bits per heavy atom. The van der Waals surface area contributed by atoms with E-state index >= 15 is 0 Å². The van der Waals surface area contributed by atoms with E-state index in [0.29, 0.717) is 35.1 Å². The molecule has 1 amide bonds. The third-order valence-corrected chi connectivity index (χ3v) is 5.99. The van der Waals surface area contributed by atoms with Crippen LogP contribution in [0.5, 0.6) is 5.75 Å². The van der Waals surface area contributed by atoms with E-state index in [1.165, 1.54) is 25.4 Å². The Bertz CT molecular complexity index is 1440. The van der Waals surface area contributed by atoms with Crippen molar-refractivity contribution in [2.24, 2.45) is 10.7 Å². The standard InChI is InChI=1S/C28H33F3N8O2/c1-7-33-22-16-34-27(39(5)13-12-38(3)4)37-24(22)25(32)35-20-14-18(9-8-17(20)2)26(40)36-21-15-19(28(29,30)31)10-11-23(21)41-6/h7-11,14-16,33H,1,12-13H2,2-6H3,(H2,32,35)(H,36,40). The highest BCUT2D eigenvalue weighted by atomic mass is 19.4. The molecule has 41 heavy (non-hydrogen) atoms. The van der Waals surface area contributed by atoms with Crippen LogP contribution >= 0.6 is 0 Å². The van der Waals surface area contributed by atoms with Crippen LogP contribution in [0.1, 0.15) is 27.2 Å². The number of halogens is 3. The lowest BCUT2D eigenvalue weighted by Crippen LogP contribution is -2.30. The van der Waals surface area contributed by atoms with Gasteiger partial charge in [0, 0.05) is 25.7 Å². The van der Waals surface area contributed by atoms with E-state index in [-0.39, 0.29) is 22.8 Å². The maximum atomic E-state index is 13.2. The van der Waals surface area contributed by atoms with Crippen molar-refractivity contribution in [1.29, 1.82) is 0 Å². The van der Waals surface area contributed by atoms with Gasteiger partial charge in [-0.1, -0.05) is 12.6 Å². The number of aryl methyl sites for hydroxylation is 1. The van der Waals surface area contributed by atoms with Gasteiger partial charge >= 0.3 is 6.18 Å². The monoisotopic (exact) mass is 570 g/mol. The third-order valence-electron chi connectivity index (χ3n) is 5.99. The molecular formula is C28H33F3N8O2. The molecule has 0 radical (unpaired) electrons. The van der Waals surface area contributed by atoms with E-state index in [1.807, 2.05) is 30.9 Å². The number of amides is 1. The number of carbonyl (C=O) groups is 1. The van der Waals surface area contributed by atoms with Crippen molar-refractivity contribution in [2.75, 3.05) is 56.9 Å². The molecule has 1 heterocycles. The van der Waals surface area contributed by atoms with Crippen molar-refractivity contribution in [1.82, 2.24) is 14.9 Å². The minimum Gasteiger partial charge on any atom is -0.495 e. The van der Waals surface area contributed by atoms with Crippen LogP contribution in [0.3, 0.4) is 0 Å².